The lowest BCUT2D eigenvalue weighted by Crippen LogP contribution is -2.16. The van der Waals surface area contributed by atoms with E-state index in [1.165, 1.54) is 5.56 Å². The van der Waals surface area contributed by atoms with Crippen molar-refractivity contribution in [3.8, 4) is 11.1 Å². The highest BCUT2D eigenvalue weighted by atomic mass is 14.1. The predicted octanol–water partition coefficient (Wildman–Crippen LogP) is 3.25. The van der Waals surface area contributed by atoms with Crippen LogP contribution in [-0.4, -0.2) is 15.7 Å². The lowest BCUT2D eigenvalue weighted by atomic mass is 9.77. The summed E-state index contributed by atoms with van der Waals surface area (Å²) in [4.78, 5) is 0. The number of fused-ring (bicyclic) bond motifs is 2. The summed E-state index contributed by atoms with van der Waals surface area (Å²) in [7, 11) is 12.8. The van der Waals surface area contributed by atoms with Crippen LogP contribution >= 0.6 is 0 Å². The molecule has 0 aliphatic rings. The Morgan fingerprint density at radius 3 is 1.68 bits per heavy atom. The van der Waals surface area contributed by atoms with Crippen molar-refractivity contribution in [1.29, 1.82) is 0 Å². The summed E-state index contributed by atoms with van der Waals surface area (Å²) in [5.41, 5.74) is 3.90. The Kier molecular flexibility index (Phi) is 3.04. The molecule has 4 radical (unpaired) electrons. The third-order valence-electron chi connectivity index (χ3n) is 4.21. The van der Waals surface area contributed by atoms with Gasteiger partial charge in [0.15, 0.2) is 0 Å². The molecule has 0 saturated heterocycles. The maximum Gasteiger partial charge on any atom is 0.115 e. The molecule has 0 saturated carbocycles. The molecule has 0 atom stereocenters. The summed E-state index contributed by atoms with van der Waals surface area (Å²) < 4.78 is 0. The normalized spacial score (nSPS) is 11.1. The molecule has 2 heteroatoms. The van der Waals surface area contributed by atoms with Crippen molar-refractivity contribution in [3.05, 3.63) is 72.8 Å². The van der Waals surface area contributed by atoms with E-state index in [2.05, 4.69) is 30.3 Å². The number of hydrogen-bond donors (Lipinski definition) is 0. The van der Waals surface area contributed by atoms with E-state index in [9.17, 15) is 0 Å². The minimum absolute atomic E-state index is 0.789. The zero-order valence-electron chi connectivity index (χ0n) is 12.1. The molecule has 22 heavy (non-hydrogen) atoms. The average molecular weight is 274 g/mol. The zero-order chi connectivity index (χ0) is 15.1. The fourth-order valence-electron chi connectivity index (χ4n) is 3.06. The van der Waals surface area contributed by atoms with E-state index in [-0.39, 0.29) is 0 Å². The first-order chi connectivity index (χ1) is 10.8. The average Bonchev–Trinajstić information content (AvgIpc) is 2.60. The van der Waals surface area contributed by atoms with Gasteiger partial charge in [-0.25, -0.2) is 0 Å². The van der Waals surface area contributed by atoms with Gasteiger partial charge in [-0.1, -0.05) is 77.7 Å². The van der Waals surface area contributed by atoms with Crippen LogP contribution in [0.4, 0.5) is 0 Å². The Morgan fingerprint density at radius 2 is 1.00 bits per heavy atom. The molecule has 0 aliphatic heterocycles. The van der Waals surface area contributed by atoms with Gasteiger partial charge in [-0.2, -0.15) is 0 Å². The van der Waals surface area contributed by atoms with Crippen LogP contribution in [0.1, 0.15) is 0 Å². The SMILES string of the molecule is [B]c1c2ccccc2c([B])c2cc(-c3ccccc3)ccc12. The lowest BCUT2D eigenvalue weighted by Gasteiger charge is -2.14. The fourth-order valence-corrected chi connectivity index (χ4v) is 3.06. The molecule has 98 valence electrons. The standard InChI is InChI=1S/C20H12B2/c21-19-15-8-4-5-9-16(15)20(22)18-12-14(10-11-17(18)19)13-6-2-1-3-7-13/h1-12H. The lowest BCUT2D eigenvalue weighted by molar-refractivity contribution is 1.65. The van der Waals surface area contributed by atoms with Gasteiger partial charge < -0.3 is 0 Å². The van der Waals surface area contributed by atoms with Crippen LogP contribution in [0.2, 0.25) is 0 Å². The number of hydrogen-bond acceptors (Lipinski definition) is 0. The highest BCUT2D eigenvalue weighted by Gasteiger charge is 2.08. The highest BCUT2D eigenvalue weighted by Crippen LogP contribution is 2.25. The van der Waals surface area contributed by atoms with E-state index in [0.29, 0.717) is 0 Å². The van der Waals surface area contributed by atoms with E-state index in [1.807, 2.05) is 42.5 Å². The van der Waals surface area contributed by atoms with E-state index in [4.69, 9.17) is 15.7 Å². The Morgan fingerprint density at radius 1 is 0.455 bits per heavy atom. The molecule has 0 N–H and O–H groups in total. The molecule has 0 aromatic heterocycles. The van der Waals surface area contributed by atoms with Gasteiger partial charge in [0, 0.05) is 0 Å². The van der Waals surface area contributed by atoms with Crippen LogP contribution in [0.15, 0.2) is 72.8 Å². The Labute approximate surface area is 132 Å². The van der Waals surface area contributed by atoms with Crippen LogP contribution < -0.4 is 10.9 Å². The van der Waals surface area contributed by atoms with Crippen molar-refractivity contribution in [2.45, 2.75) is 0 Å². The third-order valence-corrected chi connectivity index (χ3v) is 4.21. The van der Waals surface area contributed by atoms with Crippen molar-refractivity contribution in [3.63, 3.8) is 0 Å². The quantitative estimate of drug-likeness (QED) is 0.369. The monoisotopic (exact) mass is 274 g/mol. The predicted molar refractivity (Wildman–Crippen MR) is 97.7 cm³/mol. The van der Waals surface area contributed by atoms with Crippen molar-refractivity contribution in [1.82, 2.24) is 0 Å². The van der Waals surface area contributed by atoms with Crippen molar-refractivity contribution in [2.24, 2.45) is 0 Å². The maximum atomic E-state index is 6.41. The van der Waals surface area contributed by atoms with Crippen LogP contribution in [0.5, 0.6) is 0 Å². The molecule has 0 heterocycles. The summed E-state index contributed by atoms with van der Waals surface area (Å²) in [6.07, 6.45) is 0. The topological polar surface area (TPSA) is 0 Å². The van der Waals surface area contributed by atoms with Gasteiger partial charge in [0.25, 0.3) is 0 Å². The second-order valence-electron chi connectivity index (χ2n) is 5.50. The van der Waals surface area contributed by atoms with Crippen LogP contribution in [0, 0.1) is 0 Å². The molecule has 0 nitrogen and oxygen atoms in total. The molecule has 0 aliphatic carbocycles. The van der Waals surface area contributed by atoms with Gasteiger partial charge in [-0.3, -0.25) is 0 Å². The van der Waals surface area contributed by atoms with Crippen LogP contribution in [0.25, 0.3) is 32.7 Å². The van der Waals surface area contributed by atoms with Crippen molar-refractivity contribution < 1.29 is 0 Å². The molecule has 0 bridgehead atoms. The number of rotatable bonds is 1. The summed E-state index contributed by atoms with van der Waals surface area (Å²) in [5.74, 6) is 0. The summed E-state index contributed by atoms with van der Waals surface area (Å²) >= 11 is 0. The van der Waals surface area contributed by atoms with Gasteiger partial charge in [-0.05, 0) is 38.7 Å². The van der Waals surface area contributed by atoms with E-state index in [1.54, 1.807) is 0 Å². The molecule has 0 fully saturated rings. The van der Waals surface area contributed by atoms with Crippen LogP contribution in [-0.2, 0) is 0 Å². The molecule has 4 rings (SSSR count). The minimum atomic E-state index is 0.789. The minimum Gasteiger partial charge on any atom is -0.0813 e. The summed E-state index contributed by atoms with van der Waals surface area (Å²) in [6, 6.07) is 24.6. The third kappa shape index (κ3) is 1.95. The molecule has 0 unspecified atom stereocenters. The smallest absolute Gasteiger partial charge is 0.0813 e. The Balaban J connectivity index is 2.08. The first-order valence-electron chi connectivity index (χ1n) is 7.30. The van der Waals surface area contributed by atoms with Crippen molar-refractivity contribution >= 4 is 48.2 Å². The van der Waals surface area contributed by atoms with E-state index in [0.717, 1.165) is 38.0 Å². The second kappa shape index (κ2) is 5.06. The Hall–Kier alpha value is -2.47. The first-order valence-corrected chi connectivity index (χ1v) is 7.30. The number of benzene rings is 4. The van der Waals surface area contributed by atoms with Crippen LogP contribution in [0.3, 0.4) is 0 Å². The van der Waals surface area contributed by atoms with Gasteiger partial charge >= 0.3 is 0 Å². The fraction of sp³-hybridized carbons (Fsp3) is 0. The highest BCUT2D eigenvalue weighted by molar-refractivity contribution is 6.53. The van der Waals surface area contributed by atoms with Crippen molar-refractivity contribution in [2.75, 3.05) is 0 Å². The molecular weight excluding hydrogens is 262 g/mol. The second-order valence-corrected chi connectivity index (χ2v) is 5.50. The van der Waals surface area contributed by atoms with E-state index >= 15 is 0 Å². The summed E-state index contributed by atoms with van der Waals surface area (Å²) in [5, 5.41) is 4.05. The largest absolute Gasteiger partial charge is 0.115 e. The molecule has 0 spiro atoms. The van der Waals surface area contributed by atoms with Gasteiger partial charge in [0.2, 0.25) is 0 Å². The Bertz CT molecular complexity index is 989. The molecular formula is C20H12B2. The van der Waals surface area contributed by atoms with Gasteiger partial charge in [0.05, 0.1) is 0 Å². The van der Waals surface area contributed by atoms with E-state index < -0.39 is 0 Å². The van der Waals surface area contributed by atoms with Gasteiger partial charge in [-0.15, -0.1) is 0 Å². The van der Waals surface area contributed by atoms with Gasteiger partial charge in [0.1, 0.15) is 15.7 Å². The molecule has 4 aromatic rings. The molecule has 4 aromatic carbocycles. The zero-order valence-corrected chi connectivity index (χ0v) is 12.1. The summed E-state index contributed by atoms with van der Waals surface area (Å²) in [6.45, 7) is 0. The molecule has 0 amide bonds. The first kappa shape index (κ1) is 13.2. The maximum absolute atomic E-state index is 6.41.